The second-order valence-corrected chi connectivity index (χ2v) is 2.35. The highest BCUT2D eigenvalue weighted by atomic mass is 16.4. The van der Waals surface area contributed by atoms with E-state index in [0.29, 0.717) is 5.56 Å². The molecule has 0 aliphatic rings. The van der Waals surface area contributed by atoms with Crippen LogP contribution in [0.2, 0.25) is 0 Å². The van der Waals surface area contributed by atoms with E-state index < -0.39 is 5.76 Å². The molecule has 6 nitrogen and oxygen atoms in total. The molecule has 0 atom stereocenters. The lowest BCUT2D eigenvalue weighted by molar-refractivity contribution is 0.527. The molecule has 0 aliphatic heterocycles. The smallest absolute Gasteiger partial charge is 0.388 e. The number of pyridine rings is 1. The van der Waals surface area contributed by atoms with E-state index in [4.69, 9.17) is 10.2 Å². The maximum atomic E-state index is 10.6. The average Bonchev–Trinajstić information content (AvgIpc) is 2.53. The van der Waals surface area contributed by atoms with E-state index in [1.165, 1.54) is 0 Å². The topological polar surface area (TPSA) is 97.8 Å². The number of hydrogen-bond acceptors (Lipinski definition) is 5. The van der Waals surface area contributed by atoms with Crippen LogP contribution in [0, 0.1) is 0 Å². The van der Waals surface area contributed by atoms with Crippen LogP contribution in [0.4, 0.5) is 5.82 Å². The minimum absolute atomic E-state index is 0.149. The predicted octanol–water partition coefficient (Wildman–Crippen LogP) is 0.00710. The van der Waals surface area contributed by atoms with Crippen molar-refractivity contribution in [2.45, 2.75) is 0 Å². The Morgan fingerprint density at radius 2 is 2.38 bits per heavy atom. The first-order valence-corrected chi connectivity index (χ1v) is 3.54. The first kappa shape index (κ1) is 7.53. The molecule has 2 rings (SSSR count). The van der Waals surface area contributed by atoms with E-state index in [2.05, 4.69) is 15.2 Å². The Balaban J connectivity index is 2.58. The molecule has 0 aromatic carbocycles. The summed E-state index contributed by atoms with van der Waals surface area (Å²) < 4.78 is 4.71. The molecule has 0 fully saturated rings. The summed E-state index contributed by atoms with van der Waals surface area (Å²) in [7, 11) is 0. The molecule has 2 aromatic heterocycles. The lowest BCUT2D eigenvalue weighted by Gasteiger charge is -1.96. The van der Waals surface area contributed by atoms with Gasteiger partial charge < -0.3 is 10.2 Å². The lowest BCUT2D eigenvalue weighted by Crippen LogP contribution is -1.94. The van der Waals surface area contributed by atoms with Crippen molar-refractivity contribution in [1.82, 2.24) is 15.2 Å². The highest BCUT2D eigenvalue weighted by Gasteiger charge is 2.08. The van der Waals surface area contributed by atoms with Crippen LogP contribution in [-0.2, 0) is 0 Å². The van der Waals surface area contributed by atoms with Gasteiger partial charge in [0.15, 0.2) is 0 Å². The summed E-state index contributed by atoms with van der Waals surface area (Å²) >= 11 is 0. The summed E-state index contributed by atoms with van der Waals surface area (Å²) in [5.41, 5.74) is 6.04. The molecule has 13 heavy (non-hydrogen) atoms. The van der Waals surface area contributed by atoms with Crippen molar-refractivity contribution < 1.29 is 4.42 Å². The van der Waals surface area contributed by atoms with E-state index in [1.54, 1.807) is 18.3 Å². The Labute approximate surface area is 72.4 Å². The number of anilines is 1. The number of nitrogens with zero attached hydrogens (tertiary/aromatic N) is 2. The van der Waals surface area contributed by atoms with Crippen molar-refractivity contribution in [3.05, 3.63) is 28.9 Å². The third-order valence-electron chi connectivity index (χ3n) is 1.51. The van der Waals surface area contributed by atoms with E-state index in [9.17, 15) is 4.79 Å². The summed E-state index contributed by atoms with van der Waals surface area (Å²) in [5, 5.41) is 5.76. The SMILES string of the molecule is Nc1ncccc1-c1n[nH]c(=O)o1. The minimum Gasteiger partial charge on any atom is -0.388 e. The van der Waals surface area contributed by atoms with Crippen LogP contribution in [0.5, 0.6) is 0 Å². The number of aromatic nitrogens is 3. The average molecular weight is 178 g/mol. The second kappa shape index (κ2) is 2.74. The van der Waals surface area contributed by atoms with Gasteiger partial charge in [0.05, 0.1) is 5.56 Å². The molecule has 0 bridgehead atoms. The number of nitrogen functional groups attached to an aromatic ring is 1. The van der Waals surface area contributed by atoms with Crippen LogP contribution in [0.3, 0.4) is 0 Å². The Bertz CT molecular complexity index is 473. The third-order valence-corrected chi connectivity index (χ3v) is 1.51. The maximum Gasteiger partial charge on any atom is 0.434 e. The number of nitrogens with one attached hydrogen (secondary N) is 1. The standard InChI is InChI=1S/C7H6N4O2/c8-5-4(2-1-3-9-5)6-10-11-7(12)13-6/h1-3H,(H2,8,9)(H,11,12). The Morgan fingerprint density at radius 3 is 3.00 bits per heavy atom. The van der Waals surface area contributed by atoms with Gasteiger partial charge in [0.2, 0.25) is 0 Å². The molecular weight excluding hydrogens is 172 g/mol. The molecule has 0 aliphatic carbocycles. The Morgan fingerprint density at radius 1 is 1.54 bits per heavy atom. The van der Waals surface area contributed by atoms with Crippen molar-refractivity contribution in [3.63, 3.8) is 0 Å². The highest BCUT2D eigenvalue weighted by molar-refractivity contribution is 5.65. The quantitative estimate of drug-likeness (QED) is 0.640. The molecule has 2 heterocycles. The number of nitrogens with two attached hydrogens (primary N) is 1. The zero-order valence-corrected chi connectivity index (χ0v) is 6.52. The molecule has 0 saturated carbocycles. The molecule has 0 spiro atoms. The van der Waals surface area contributed by atoms with Crippen molar-refractivity contribution in [3.8, 4) is 11.5 Å². The van der Waals surface area contributed by atoms with E-state index in [-0.39, 0.29) is 11.7 Å². The molecule has 66 valence electrons. The monoisotopic (exact) mass is 178 g/mol. The van der Waals surface area contributed by atoms with Gasteiger partial charge >= 0.3 is 5.76 Å². The largest absolute Gasteiger partial charge is 0.434 e. The van der Waals surface area contributed by atoms with Crippen LogP contribution >= 0.6 is 0 Å². The number of H-pyrrole nitrogens is 1. The predicted molar refractivity (Wildman–Crippen MR) is 44.8 cm³/mol. The fraction of sp³-hybridized carbons (Fsp3) is 0. The van der Waals surface area contributed by atoms with Gasteiger partial charge in [0, 0.05) is 6.20 Å². The Kier molecular flexibility index (Phi) is 1.59. The van der Waals surface area contributed by atoms with Crippen molar-refractivity contribution in [2.24, 2.45) is 0 Å². The van der Waals surface area contributed by atoms with Gasteiger partial charge in [0.1, 0.15) is 5.82 Å². The normalized spacial score (nSPS) is 10.2. The van der Waals surface area contributed by atoms with Gasteiger partial charge in [-0.3, -0.25) is 0 Å². The summed E-state index contributed by atoms with van der Waals surface area (Å²) in [6, 6.07) is 3.35. The molecule has 0 saturated heterocycles. The highest BCUT2D eigenvalue weighted by Crippen LogP contribution is 2.19. The maximum absolute atomic E-state index is 10.6. The van der Waals surface area contributed by atoms with E-state index in [1.807, 2.05) is 0 Å². The molecule has 6 heteroatoms. The zero-order valence-electron chi connectivity index (χ0n) is 6.52. The molecule has 0 radical (unpaired) electrons. The van der Waals surface area contributed by atoms with Gasteiger partial charge in [-0.05, 0) is 12.1 Å². The summed E-state index contributed by atoms with van der Waals surface area (Å²) in [6.45, 7) is 0. The molecule has 3 N–H and O–H groups in total. The molecule has 0 amide bonds. The minimum atomic E-state index is -0.613. The van der Waals surface area contributed by atoms with Crippen LogP contribution < -0.4 is 11.5 Å². The fourth-order valence-corrected chi connectivity index (χ4v) is 0.943. The van der Waals surface area contributed by atoms with Crippen LogP contribution in [-0.4, -0.2) is 15.2 Å². The van der Waals surface area contributed by atoms with Crippen LogP contribution in [0.15, 0.2) is 27.5 Å². The number of rotatable bonds is 1. The lowest BCUT2D eigenvalue weighted by atomic mass is 10.2. The Hall–Kier alpha value is -2.11. The van der Waals surface area contributed by atoms with Gasteiger partial charge in [-0.15, -0.1) is 5.10 Å². The van der Waals surface area contributed by atoms with Gasteiger partial charge in [-0.2, -0.15) is 0 Å². The summed E-state index contributed by atoms with van der Waals surface area (Å²) in [6.07, 6.45) is 1.55. The fourth-order valence-electron chi connectivity index (χ4n) is 0.943. The first-order valence-electron chi connectivity index (χ1n) is 3.54. The third kappa shape index (κ3) is 1.28. The van der Waals surface area contributed by atoms with Gasteiger partial charge in [0.25, 0.3) is 5.89 Å². The van der Waals surface area contributed by atoms with Crippen molar-refractivity contribution in [1.29, 1.82) is 0 Å². The molecular formula is C7H6N4O2. The van der Waals surface area contributed by atoms with E-state index >= 15 is 0 Å². The first-order chi connectivity index (χ1) is 6.27. The van der Waals surface area contributed by atoms with Crippen LogP contribution in [0.1, 0.15) is 0 Å². The van der Waals surface area contributed by atoms with Gasteiger partial charge in [-0.25, -0.2) is 14.9 Å². The second-order valence-electron chi connectivity index (χ2n) is 2.35. The van der Waals surface area contributed by atoms with Crippen molar-refractivity contribution >= 4 is 5.82 Å². The molecule has 2 aromatic rings. The van der Waals surface area contributed by atoms with Crippen LogP contribution in [0.25, 0.3) is 11.5 Å². The summed E-state index contributed by atoms with van der Waals surface area (Å²) in [5.74, 6) is -0.188. The summed E-state index contributed by atoms with van der Waals surface area (Å²) in [4.78, 5) is 14.5. The van der Waals surface area contributed by atoms with Crippen molar-refractivity contribution in [2.75, 3.05) is 5.73 Å². The number of hydrogen-bond donors (Lipinski definition) is 2. The molecule has 0 unspecified atom stereocenters. The van der Waals surface area contributed by atoms with E-state index in [0.717, 1.165) is 0 Å². The van der Waals surface area contributed by atoms with Gasteiger partial charge in [-0.1, -0.05) is 0 Å². The zero-order chi connectivity index (χ0) is 9.26. The number of aromatic amines is 1.